The van der Waals surface area contributed by atoms with Gasteiger partial charge in [0.15, 0.2) is 5.69 Å². The summed E-state index contributed by atoms with van der Waals surface area (Å²) >= 11 is 3.40. The lowest BCUT2D eigenvalue weighted by atomic mass is 9.88. The molecule has 0 spiro atoms. The number of urea groups is 1. The third-order valence-electron chi connectivity index (χ3n) is 4.38. The van der Waals surface area contributed by atoms with E-state index in [1.807, 2.05) is 26.8 Å². The van der Waals surface area contributed by atoms with Gasteiger partial charge in [-0.1, -0.05) is 6.92 Å². The second kappa shape index (κ2) is 8.17. The molecule has 1 aliphatic heterocycles. The first kappa shape index (κ1) is 19.7. The van der Waals surface area contributed by atoms with E-state index in [-0.39, 0.29) is 31.3 Å². The standard InChI is InChI=1S/C17H25BrFN5O/c1-4-7-24-14(15(18)13(11-20)22-24)10-17(19)5-8-23(9-6-17)16(25)21-12(2)3/h12H,4-10H2,1-3H3,(H,21,25). The molecule has 1 saturated heterocycles. The van der Waals surface area contributed by atoms with E-state index < -0.39 is 5.67 Å². The van der Waals surface area contributed by atoms with Crippen molar-refractivity contribution in [2.24, 2.45) is 0 Å². The highest BCUT2D eigenvalue weighted by Crippen LogP contribution is 2.34. The molecule has 6 nitrogen and oxygen atoms in total. The first-order valence-corrected chi connectivity index (χ1v) is 9.48. The van der Waals surface area contributed by atoms with Crippen LogP contribution in [-0.2, 0) is 13.0 Å². The summed E-state index contributed by atoms with van der Waals surface area (Å²) in [5.41, 5.74) is -0.378. The van der Waals surface area contributed by atoms with E-state index in [2.05, 4.69) is 26.3 Å². The van der Waals surface area contributed by atoms with Gasteiger partial charge in [0.25, 0.3) is 0 Å². The van der Waals surface area contributed by atoms with E-state index in [4.69, 9.17) is 5.26 Å². The molecule has 138 valence electrons. The zero-order chi connectivity index (χ0) is 18.6. The number of hydrogen-bond acceptors (Lipinski definition) is 3. The van der Waals surface area contributed by atoms with Crippen LogP contribution in [0.4, 0.5) is 9.18 Å². The van der Waals surface area contributed by atoms with Crippen LogP contribution in [0.1, 0.15) is 51.4 Å². The van der Waals surface area contributed by atoms with Crippen molar-refractivity contribution in [3.8, 4) is 6.07 Å². The van der Waals surface area contributed by atoms with E-state index in [9.17, 15) is 4.79 Å². The largest absolute Gasteiger partial charge is 0.336 e. The number of likely N-dealkylation sites (tertiary alicyclic amines) is 1. The predicted octanol–water partition coefficient (Wildman–Crippen LogP) is 3.39. The number of halogens is 2. The van der Waals surface area contributed by atoms with Crippen LogP contribution in [0.5, 0.6) is 0 Å². The van der Waals surface area contributed by atoms with Crippen LogP contribution < -0.4 is 5.32 Å². The van der Waals surface area contributed by atoms with Gasteiger partial charge in [0, 0.05) is 32.1 Å². The summed E-state index contributed by atoms with van der Waals surface area (Å²) in [4.78, 5) is 13.7. The Morgan fingerprint density at radius 2 is 2.12 bits per heavy atom. The fraction of sp³-hybridized carbons (Fsp3) is 0.706. The van der Waals surface area contributed by atoms with E-state index in [0.29, 0.717) is 29.8 Å². The van der Waals surface area contributed by atoms with Crippen molar-refractivity contribution in [3.63, 3.8) is 0 Å². The van der Waals surface area contributed by atoms with Crippen LogP contribution in [-0.4, -0.2) is 45.5 Å². The van der Waals surface area contributed by atoms with Gasteiger partial charge in [-0.05, 0) is 49.0 Å². The number of amides is 2. The zero-order valence-corrected chi connectivity index (χ0v) is 16.6. The molecular formula is C17H25BrFN5O. The quantitative estimate of drug-likeness (QED) is 0.803. The number of alkyl halides is 1. The average molecular weight is 414 g/mol. The van der Waals surface area contributed by atoms with Gasteiger partial charge in [-0.3, -0.25) is 4.68 Å². The molecule has 2 rings (SSSR count). The Kier molecular flexibility index (Phi) is 6.44. The van der Waals surface area contributed by atoms with E-state index >= 15 is 4.39 Å². The summed E-state index contributed by atoms with van der Waals surface area (Å²) < 4.78 is 17.7. The van der Waals surface area contributed by atoms with Crippen molar-refractivity contribution < 1.29 is 9.18 Å². The molecule has 1 N–H and O–H groups in total. The molecule has 0 unspecified atom stereocenters. The van der Waals surface area contributed by atoms with Crippen molar-refractivity contribution in [2.45, 2.75) is 64.7 Å². The Labute approximate surface area is 156 Å². The molecule has 1 fully saturated rings. The highest BCUT2D eigenvalue weighted by molar-refractivity contribution is 9.10. The van der Waals surface area contributed by atoms with E-state index in [0.717, 1.165) is 12.1 Å². The summed E-state index contributed by atoms with van der Waals surface area (Å²) in [5, 5.41) is 16.3. The van der Waals surface area contributed by atoms with Crippen molar-refractivity contribution in [2.75, 3.05) is 13.1 Å². The number of rotatable bonds is 5. The van der Waals surface area contributed by atoms with Gasteiger partial charge in [-0.25, -0.2) is 9.18 Å². The summed E-state index contributed by atoms with van der Waals surface area (Å²) in [5.74, 6) is 0. The SMILES string of the molecule is CCCn1nc(C#N)c(Br)c1CC1(F)CCN(C(=O)NC(C)C)CC1. The van der Waals surface area contributed by atoms with Gasteiger partial charge in [0.2, 0.25) is 0 Å². The Balaban J connectivity index is 2.08. The number of aryl methyl sites for hydroxylation is 1. The number of nitriles is 1. The maximum absolute atomic E-state index is 15.4. The van der Waals surface area contributed by atoms with E-state index in [1.54, 1.807) is 9.58 Å². The van der Waals surface area contributed by atoms with Crippen molar-refractivity contribution in [1.82, 2.24) is 20.0 Å². The number of nitrogens with zero attached hydrogens (tertiary/aromatic N) is 4. The predicted molar refractivity (Wildman–Crippen MR) is 97.0 cm³/mol. The van der Waals surface area contributed by atoms with Gasteiger partial charge >= 0.3 is 6.03 Å². The first-order valence-electron chi connectivity index (χ1n) is 8.69. The number of piperidine rings is 1. The van der Waals surface area contributed by atoms with Crippen molar-refractivity contribution in [1.29, 1.82) is 5.26 Å². The topological polar surface area (TPSA) is 74.0 Å². The number of carbonyl (C=O) groups excluding carboxylic acids is 1. The minimum Gasteiger partial charge on any atom is -0.336 e. The normalized spacial score (nSPS) is 16.8. The molecule has 0 atom stereocenters. The Bertz CT molecular complexity index is 659. The number of hydrogen-bond donors (Lipinski definition) is 1. The second-order valence-corrected chi connectivity index (χ2v) is 7.66. The highest BCUT2D eigenvalue weighted by Gasteiger charge is 2.38. The van der Waals surface area contributed by atoms with Crippen LogP contribution in [0.25, 0.3) is 0 Å². The van der Waals surface area contributed by atoms with Crippen LogP contribution >= 0.6 is 15.9 Å². The number of nitrogens with one attached hydrogen (secondary N) is 1. The summed E-state index contributed by atoms with van der Waals surface area (Å²) in [6.45, 7) is 7.25. The average Bonchev–Trinajstić information content (AvgIpc) is 2.83. The van der Waals surface area contributed by atoms with Crippen molar-refractivity contribution >= 4 is 22.0 Å². The summed E-state index contributed by atoms with van der Waals surface area (Å²) in [6, 6.07) is 1.97. The lowest BCUT2D eigenvalue weighted by Gasteiger charge is -2.36. The molecule has 1 aromatic rings. The summed E-state index contributed by atoms with van der Waals surface area (Å²) in [6.07, 6.45) is 1.62. The van der Waals surface area contributed by atoms with Gasteiger partial charge in [-0.15, -0.1) is 0 Å². The van der Waals surface area contributed by atoms with E-state index in [1.165, 1.54) is 0 Å². The Morgan fingerprint density at radius 3 is 2.64 bits per heavy atom. The Hall–Kier alpha value is -1.62. The minimum absolute atomic E-state index is 0.0633. The molecule has 0 aliphatic carbocycles. The van der Waals surface area contributed by atoms with Crippen LogP contribution in [0, 0.1) is 11.3 Å². The first-order chi connectivity index (χ1) is 11.8. The minimum atomic E-state index is -1.39. The smallest absolute Gasteiger partial charge is 0.317 e. The van der Waals surface area contributed by atoms with Gasteiger partial charge in [0.1, 0.15) is 11.7 Å². The maximum atomic E-state index is 15.4. The monoisotopic (exact) mass is 413 g/mol. The molecule has 1 aromatic heterocycles. The fourth-order valence-corrected chi connectivity index (χ4v) is 3.55. The maximum Gasteiger partial charge on any atom is 0.317 e. The molecule has 0 saturated carbocycles. The van der Waals surface area contributed by atoms with Crippen LogP contribution in [0.15, 0.2) is 4.47 Å². The zero-order valence-electron chi connectivity index (χ0n) is 15.0. The highest BCUT2D eigenvalue weighted by atomic mass is 79.9. The molecular weight excluding hydrogens is 389 g/mol. The molecule has 0 bridgehead atoms. The van der Waals surface area contributed by atoms with Gasteiger partial charge in [0.05, 0.1) is 10.2 Å². The molecule has 1 aliphatic rings. The second-order valence-electron chi connectivity index (χ2n) is 6.86. The lowest BCUT2D eigenvalue weighted by Crippen LogP contribution is -2.50. The molecule has 0 radical (unpaired) electrons. The molecule has 0 aromatic carbocycles. The summed E-state index contributed by atoms with van der Waals surface area (Å²) in [7, 11) is 0. The molecule has 2 heterocycles. The van der Waals surface area contributed by atoms with Gasteiger partial charge in [-0.2, -0.15) is 10.4 Å². The number of aromatic nitrogens is 2. The molecule has 2 amide bonds. The van der Waals surface area contributed by atoms with Crippen molar-refractivity contribution in [3.05, 3.63) is 15.9 Å². The third kappa shape index (κ3) is 4.72. The number of carbonyl (C=O) groups is 1. The third-order valence-corrected chi connectivity index (χ3v) is 5.21. The lowest BCUT2D eigenvalue weighted by molar-refractivity contribution is 0.0689. The van der Waals surface area contributed by atoms with Crippen LogP contribution in [0.3, 0.4) is 0 Å². The fourth-order valence-electron chi connectivity index (χ4n) is 3.04. The Morgan fingerprint density at radius 1 is 1.48 bits per heavy atom. The van der Waals surface area contributed by atoms with Crippen LogP contribution in [0.2, 0.25) is 0 Å². The molecule has 8 heteroatoms. The van der Waals surface area contributed by atoms with Gasteiger partial charge < -0.3 is 10.2 Å². The molecule has 25 heavy (non-hydrogen) atoms.